The third-order valence-corrected chi connectivity index (χ3v) is 3.79. The van der Waals surface area contributed by atoms with Gasteiger partial charge in [0.15, 0.2) is 5.76 Å². The lowest BCUT2D eigenvalue weighted by atomic mass is 10.1. The molecule has 0 aromatic carbocycles. The van der Waals surface area contributed by atoms with Crippen molar-refractivity contribution >= 4 is 5.91 Å². The van der Waals surface area contributed by atoms with Crippen LogP contribution in [0.3, 0.4) is 0 Å². The molecule has 3 heterocycles. The van der Waals surface area contributed by atoms with E-state index in [1.54, 1.807) is 17.9 Å². The Labute approximate surface area is 130 Å². The highest BCUT2D eigenvalue weighted by molar-refractivity contribution is 5.94. The fourth-order valence-electron chi connectivity index (χ4n) is 2.70. The molecule has 5 nitrogen and oxygen atoms in total. The summed E-state index contributed by atoms with van der Waals surface area (Å²) in [7, 11) is 0. The Balaban J connectivity index is 1.82. The Morgan fingerprint density at radius 3 is 2.74 bits per heavy atom. The van der Waals surface area contributed by atoms with E-state index >= 15 is 0 Å². The highest BCUT2D eigenvalue weighted by Gasteiger charge is 2.35. The number of hydrogen-bond donors (Lipinski definition) is 0. The van der Waals surface area contributed by atoms with Gasteiger partial charge in [-0.25, -0.2) is 0 Å². The lowest BCUT2D eigenvalue weighted by molar-refractivity contribution is -0.141. The van der Waals surface area contributed by atoms with Gasteiger partial charge in [0.1, 0.15) is 5.69 Å². The van der Waals surface area contributed by atoms with Gasteiger partial charge in [0, 0.05) is 18.8 Å². The predicted octanol–water partition coefficient (Wildman–Crippen LogP) is 3.37. The van der Waals surface area contributed by atoms with Crippen LogP contribution in [-0.4, -0.2) is 27.5 Å². The molecule has 1 atom stereocenters. The first-order valence-corrected chi connectivity index (χ1v) is 7.13. The van der Waals surface area contributed by atoms with Gasteiger partial charge in [-0.2, -0.15) is 13.2 Å². The molecular weight excluding hydrogens is 311 g/mol. The van der Waals surface area contributed by atoms with Crippen LogP contribution in [0.15, 0.2) is 28.9 Å². The van der Waals surface area contributed by atoms with Crippen LogP contribution in [0.5, 0.6) is 0 Å². The molecule has 3 rings (SSSR count). The zero-order chi connectivity index (χ0) is 16.6. The Bertz CT molecular complexity index is 710. The van der Waals surface area contributed by atoms with E-state index in [1.807, 2.05) is 0 Å². The Kier molecular flexibility index (Phi) is 3.83. The second-order valence-corrected chi connectivity index (χ2v) is 5.46. The average Bonchev–Trinajstić information content (AvgIpc) is 3.14. The van der Waals surface area contributed by atoms with Gasteiger partial charge < -0.3 is 9.42 Å². The standard InChI is InChI=1S/C15H14F3N3O2/c1-9-7-12(23-20-9)11-3-2-6-21(11)14(22)10-4-5-13(19-8-10)15(16,17)18/h4-5,7-8,11H,2-3,6H2,1H3/t11-/m1/s1. The van der Waals surface area contributed by atoms with Crippen molar-refractivity contribution in [2.45, 2.75) is 32.0 Å². The van der Waals surface area contributed by atoms with Gasteiger partial charge in [-0.3, -0.25) is 9.78 Å². The number of likely N-dealkylation sites (tertiary alicyclic amines) is 1. The molecule has 1 amide bonds. The minimum atomic E-state index is -4.52. The zero-order valence-electron chi connectivity index (χ0n) is 12.3. The normalized spacial score (nSPS) is 18.4. The smallest absolute Gasteiger partial charge is 0.359 e. The number of nitrogens with zero attached hydrogens (tertiary/aromatic N) is 3. The Morgan fingerprint density at radius 1 is 1.39 bits per heavy atom. The fourth-order valence-corrected chi connectivity index (χ4v) is 2.70. The molecular formula is C15H14F3N3O2. The van der Waals surface area contributed by atoms with Gasteiger partial charge in [-0.1, -0.05) is 5.16 Å². The molecule has 1 saturated heterocycles. The van der Waals surface area contributed by atoms with Crippen molar-refractivity contribution in [3.8, 4) is 0 Å². The van der Waals surface area contributed by atoms with E-state index < -0.39 is 11.9 Å². The lowest BCUT2D eigenvalue weighted by Crippen LogP contribution is -2.30. The molecule has 0 aliphatic carbocycles. The second kappa shape index (κ2) is 5.68. The maximum absolute atomic E-state index is 12.5. The molecule has 8 heteroatoms. The van der Waals surface area contributed by atoms with E-state index in [1.165, 1.54) is 0 Å². The van der Waals surface area contributed by atoms with Crippen molar-refractivity contribution in [1.29, 1.82) is 0 Å². The first-order valence-electron chi connectivity index (χ1n) is 7.13. The van der Waals surface area contributed by atoms with Crippen molar-refractivity contribution in [2.24, 2.45) is 0 Å². The van der Waals surface area contributed by atoms with Gasteiger partial charge in [-0.15, -0.1) is 0 Å². The van der Waals surface area contributed by atoms with Crippen LogP contribution in [0.25, 0.3) is 0 Å². The number of halogens is 3. The molecule has 2 aromatic rings. The summed E-state index contributed by atoms with van der Waals surface area (Å²) in [5.41, 5.74) is -0.172. The third kappa shape index (κ3) is 3.06. The molecule has 0 spiro atoms. The maximum atomic E-state index is 12.5. The lowest BCUT2D eigenvalue weighted by Gasteiger charge is -2.22. The van der Waals surface area contributed by atoms with Gasteiger partial charge >= 0.3 is 6.18 Å². The molecule has 1 fully saturated rings. The predicted molar refractivity (Wildman–Crippen MR) is 73.5 cm³/mol. The molecule has 0 saturated carbocycles. The number of hydrogen-bond acceptors (Lipinski definition) is 4. The topological polar surface area (TPSA) is 59.2 Å². The summed E-state index contributed by atoms with van der Waals surface area (Å²) < 4.78 is 42.8. The minimum absolute atomic E-state index is 0.126. The quantitative estimate of drug-likeness (QED) is 0.849. The average molecular weight is 325 g/mol. The van der Waals surface area contributed by atoms with Crippen LogP contribution in [0.4, 0.5) is 13.2 Å². The number of carbonyl (C=O) groups is 1. The second-order valence-electron chi connectivity index (χ2n) is 5.46. The molecule has 0 bridgehead atoms. The molecule has 0 radical (unpaired) electrons. The van der Waals surface area contributed by atoms with Crippen molar-refractivity contribution in [1.82, 2.24) is 15.0 Å². The first kappa shape index (κ1) is 15.5. The molecule has 122 valence electrons. The van der Waals surface area contributed by atoms with Gasteiger partial charge in [0.05, 0.1) is 17.3 Å². The van der Waals surface area contributed by atoms with Crippen molar-refractivity contribution in [2.75, 3.05) is 6.54 Å². The summed E-state index contributed by atoms with van der Waals surface area (Å²) in [6.07, 6.45) is -2.03. The number of amides is 1. The molecule has 0 N–H and O–H groups in total. The monoisotopic (exact) mass is 325 g/mol. The van der Waals surface area contributed by atoms with E-state index in [2.05, 4.69) is 10.1 Å². The summed E-state index contributed by atoms with van der Waals surface area (Å²) in [5, 5.41) is 3.82. The van der Waals surface area contributed by atoms with E-state index in [9.17, 15) is 18.0 Å². The number of rotatable bonds is 2. The summed E-state index contributed by atoms with van der Waals surface area (Å²) in [4.78, 5) is 17.5. The molecule has 1 aliphatic rings. The molecule has 0 unspecified atom stereocenters. The largest absolute Gasteiger partial charge is 0.433 e. The van der Waals surface area contributed by atoms with E-state index in [0.29, 0.717) is 12.3 Å². The van der Waals surface area contributed by atoms with Crippen LogP contribution in [0, 0.1) is 6.92 Å². The van der Waals surface area contributed by atoms with E-state index in [-0.39, 0.29) is 17.5 Å². The first-order chi connectivity index (χ1) is 10.9. The van der Waals surface area contributed by atoms with Gasteiger partial charge in [0.25, 0.3) is 5.91 Å². The van der Waals surface area contributed by atoms with Crippen molar-refractivity contribution in [3.63, 3.8) is 0 Å². The van der Waals surface area contributed by atoms with Crippen LogP contribution < -0.4 is 0 Å². The zero-order valence-corrected chi connectivity index (χ0v) is 12.3. The van der Waals surface area contributed by atoms with Gasteiger partial charge in [-0.05, 0) is 31.9 Å². The van der Waals surface area contributed by atoms with Crippen LogP contribution in [0.2, 0.25) is 0 Å². The molecule has 2 aromatic heterocycles. The molecule has 23 heavy (non-hydrogen) atoms. The number of aryl methyl sites for hydroxylation is 1. The highest BCUT2D eigenvalue weighted by atomic mass is 19.4. The van der Waals surface area contributed by atoms with Crippen LogP contribution >= 0.6 is 0 Å². The summed E-state index contributed by atoms with van der Waals surface area (Å²) in [6, 6.07) is 3.49. The number of pyridine rings is 1. The minimum Gasteiger partial charge on any atom is -0.359 e. The summed E-state index contributed by atoms with van der Waals surface area (Å²) in [6.45, 7) is 2.30. The summed E-state index contributed by atoms with van der Waals surface area (Å²) >= 11 is 0. The Morgan fingerprint density at radius 2 is 2.17 bits per heavy atom. The number of alkyl halides is 3. The van der Waals surface area contributed by atoms with Crippen LogP contribution in [-0.2, 0) is 6.18 Å². The number of aromatic nitrogens is 2. The molecule has 1 aliphatic heterocycles. The maximum Gasteiger partial charge on any atom is 0.433 e. The summed E-state index contributed by atoms with van der Waals surface area (Å²) in [5.74, 6) is 0.232. The Hall–Kier alpha value is -2.38. The fraction of sp³-hybridized carbons (Fsp3) is 0.400. The van der Waals surface area contributed by atoms with Crippen LogP contribution in [0.1, 0.15) is 46.4 Å². The third-order valence-electron chi connectivity index (χ3n) is 3.79. The van der Waals surface area contributed by atoms with Gasteiger partial charge in [0.2, 0.25) is 0 Å². The van der Waals surface area contributed by atoms with E-state index in [4.69, 9.17) is 4.52 Å². The van der Waals surface area contributed by atoms with Crippen molar-refractivity contribution in [3.05, 3.63) is 47.1 Å². The van der Waals surface area contributed by atoms with E-state index in [0.717, 1.165) is 36.9 Å². The highest BCUT2D eigenvalue weighted by Crippen LogP contribution is 2.34. The number of carbonyl (C=O) groups excluding carboxylic acids is 1. The van der Waals surface area contributed by atoms with Crippen molar-refractivity contribution < 1.29 is 22.5 Å². The SMILES string of the molecule is Cc1cc([C@H]2CCCN2C(=O)c2ccc(C(F)(F)F)nc2)on1.